The van der Waals surface area contributed by atoms with E-state index in [4.69, 9.17) is 0 Å². The van der Waals surface area contributed by atoms with E-state index in [1.807, 2.05) is 0 Å². The Hall–Kier alpha value is 4.54. The molecule has 0 bridgehead atoms. The van der Waals surface area contributed by atoms with Gasteiger partial charge in [0.2, 0.25) is 0 Å². The van der Waals surface area contributed by atoms with Crippen molar-refractivity contribution < 1.29 is 5.11 Å². The van der Waals surface area contributed by atoms with Crippen molar-refractivity contribution in [3.63, 3.8) is 0 Å². The molecule has 0 heterocycles. The molecular formula is C6H2Br4I4O. The maximum atomic E-state index is 10.5. The van der Waals surface area contributed by atoms with E-state index in [2.05, 4.69) is 154 Å². The number of halogens is 8. The SMILES string of the molecule is OC1(Br)C(I)=C(I)C(I)C(Br)(I)C1(Br)Br. The molecule has 15 heavy (non-hydrogen) atoms. The summed E-state index contributed by atoms with van der Waals surface area (Å²) in [6, 6.07) is 0. The van der Waals surface area contributed by atoms with Gasteiger partial charge in [0.25, 0.3) is 0 Å². The van der Waals surface area contributed by atoms with Gasteiger partial charge in [0, 0.05) is 7.16 Å². The lowest BCUT2D eigenvalue weighted by atomic mass is 10.0. The molecule has 1 N–H and O–H groups in total. The summed E-state index contributed by atoms with van der Waals surface area (Å²) >= 11 is 23.3. The molecule has 9 heteroatoms. The zero-order valence-electron chi connectivity index (χ0n) is 6.55. The van der Waals surface area contributed by atoms with E-state index in [1.165, 1.54) is 0 Å². The fourth-order valence-electron chi connectivity index (χ4n) is 0.947. The number of rotatable bonds is 0. The molecular weight excluding hydrogens is 915 g/mol. The van der Waals surface area contributed by atoms with Crippen LogP contribution in [0.5, 0.6) is 0 Å². The highest BCUT2D eigenvalue weighted by Crippen LogP contribution is 2.67. The average Bonchev–Trinajstić information content (AvgIpc) is 2.12. The lowest BCUT2D eigenvalue weighted by molar-refractivity contribution is 0.177. The predicted octanol–water partition coefficient (Wildman–Crippen LogP) is 5.98. The molecule has 88 valence electrons. The summed E-state index contributed by atoms with van der Waals surface area (Å²) in [5.41, 5.74) is 0. The molecule has 1 aliphatic rings. The molecule has 3 atom stereocenters. The van der Waals surface area contributed by atoms with Crippen LogP contribution in [0.2, 0.25) is 0 Å². The second kappa shape index (κ2) is 5.73. The van der Waals surface area contributed by atoms with E-state index in [0.29, 0.717) is 0 Å². The molecule has 0 aromatic carbocycles. The summed E-state index contributed by atoms with van der Waals surface area (Å²) in [6.45, 7) is 0. The Morgan fingerprint density at radius 3 is 1.93 bits per heavy atom. The lowest BCUT2D eigenvalue weighted by Crippen LogP contribution is -2.58. The third-order valence-electron chi connectivity index (χ3n) is 1.88. The molecule has 0 radical (unpaired) electrons. The molecule has 0 aromatic rings. The normalized spacial score (nSPS) is 45.8. The first-order valence-corrected chi connectivity index (χ1v) is 11.0. The summed E-state index contributed by atoms with van der Waals surface area (Å²) in [4.78, 5) is 0. The van der Waals surface area contributed by atoms with Gasteiger partial charge in [-0.2, -0.15) is 0 Å². The van der Waals surface area contributed by atoms with Crippen LogP contribution in [-0.2, 0) is 0 Å². The van der Waals surface area contributed by atoms with E-state index in [9.17, 15) is 5.11 Å². The monoisotopic (exact) mass is 913 g/mol. The molecule has 0 saturated carbocycles. The van der Waals surface area contributed by atoms with Crippen molar-refractivity contribution in [3.05, 3.63) is 7.16 Å². The van der Waals surface area contributed by atoms with Crippen molar-refractivity contribution in [1.29, 1.82) is 0 Å². The van der Waals surface area contributed by atoms with Crippen LogP contribution < -0.4 is 0 Å². The second-order valence-electron chi connectivity index (χ2n) is 2.84. The minimum atomic E-state index is -1.14. The highest BCUT2D eigenvalue weighted by molar-refractivity contribution is 14.1. The van der Waals surface area contributed by atoms with Gasteiger partial charge < -0.3 is 5.11 Å². The first-order chi connectivity index (χ1) is 6.48. The fraction of sp³-hybridized carbons (Fsp3) is 0.667. The topological polar surface area (TPSA) is 20.2 Å². The molecule has 0 aliphatic heterocycles. The zero-order chi connectivity index (χ0) is 12.2. The van der Waals surface area contributed by atoms with Crippen LogP contribution in [0, 0.1) is 0 Å². The number of hydrogen-bond donors (Lipinski definition) is 1. The Bertz CT molecular complexity index is 327. The van der Waals surface area contributed by atoms with Crippen LogP contribution >= 0.6 is 154 Å². The van der Waals surface area contributed by atoms with E-state index in [-0.39, 0.29) is 6.26 Å². The first-order valence-electron chi connectivity index (χ1n) is 3.34. The van der Waals surface area contributed by atoms with E-state index in [1.54, 1.807) is 0 Å². The molecule has 3 unspecified atom stereocenters. The Balaban J connectivity index is 3.49. The Kier molecular flexibility index (Phi) is 6.72. The molecule has 0 spiro atoms. The van der Waals surface area contributed by atoms with Crippen LogP contribution in [0.4, 0.5) is 0 Å². The van der Waals surface area contributed by atoms with E-state index in [0.717, 1.165) is 7.16 Å². The number of aliphatic hydroxyl groups is 1. The van der Waals surface area contributed by atoms with Crippen LogP contribution in [-0.4, -0.2) is 19.1 Å². The van der Waals surface area contributed by atoms with Crippen molar-refractivity contribution >= 4 is 154 Å². The largest absolute Gasteiger partial charge is 0.372 e. The fourth-order valence-corrected chi connectivity index (χ4v) is 10.1. The third kappa shape index (κ3) is 2.80. The zero-order valence-corrected chi connectivity index (χ0v) is 21.5. The Labute approximate surface area is 176 Å². The van der Waals surface area contributed by atoms with Crippen LogP contribution in [0.15, 0.2) is 7.16 Å². The van der Waals surface area contributed by atoms with Gasteiger partial charge in [-0.05, 0) is 61.1 Å². The van der Waals surface area contributed by atoms with Gasteiger partial charge in [0.15, 0.2) is 4.51 Å². The minimum absolute atomic E-state index is 0.250. The van der Waals surface area contributed by atoms with Crippen LogP contribution in [0.3, 0.4) is 0 Å². The van der Waals surface area contributed by atoms with Gasteiger partial charge in [-0.3, -0.25) is 0 Å². The maximum absolute atomic E-state index is 10.5. The number of alkyl halides is 6. The van der Waals surface area contributed by atoms with Gasteiger partial charge in [-0.15, -0.1) is 0 Å². The van der Waals surface area contributed by atoms with Gasteiger partial charge in [-0.25, -0.2) is 0 Å². The summed E-state index contributed by atoms with van der Waals surface area (Å²) in [5.74, 6) is 0. The predicted molar refractivity (Wildman–Crippen MR) is 113 cm³/mol. The van der Waals surface area contributed by atoms with E-state index < -0.39 is 7.74 Å². The van der Waals surface area contributed by atoms with E-state index >= 15 is 0 Å². The molecule has 0 amide bonds. The second-order valence-corrected chi connectivity index (χ2v) is 15.4. The van der Waals surface area contributed by atoms with Crippen molar-refractivity contribution in [2.24, 2.45) is 0 Å². The Morgan fingerprint density at radius 2 is 1.53 bits per heavy atom. The van der Waals surface area contributed by atoms with Gasteiger partial charge in [-0.1, -0.05) is 93.0 Å². The molecule has 1 aliphatic carbocycles. The van der Waals surface area contributed by atoms with Crippen molar-refractivity contribution in [3.8, 4) is 0 Å². The van der Waals surface area contributed by atoms with Gasteiger partial charge in [0.1, 0.15) is 5.56 Å². The molecule has 0 aromatic heterocycles. The number of hydrogen-bond acceptors (Lipinski definition) is 1. The van der Waals surface area contributed by atoms with Crippen molar-refractivity contribution in [2.45, 2.75) is 14.0 Å². The summed E-state index contributed by atoms with van der Waals surface area (Å²) in [6.07, 6.45) is 0. The highest BCUT2D eigenvalue weighted by atomic mass is 127. The molecule has 1 rings (SSSR count). The number of allylic oxidation sites excluding steroid dienone is 1. The highest BCUT2D eigenvalue weighted by Gasteiger charge is 2.65. The average molecular weight is 917 g/mol. The lowest BCUT2D eigenvalue weighted by Gasteiger charge is -2.49. The van der Waals surface area contributed by atoms with Crippen molar-refractivity contribution in [1.82, 2.24) is 0 Å². The Morgan fingerprint density at radius 1 is 1.13 bits per heavy atom. The van der Waals surface area contributed by atoms with Gasteiger partial charge >= 0.3 is 0 Å². The third-order valence-corrected chi connectivity index (χ3v) is 20.5. The quantitative estimate of drug-likeness (QED) is 0.235. The first kappa shape index (κ1) is 17.6. The minimum Gasteiger partial charge on any atom is -0.372 e. The van der Waals surface area contributed by atoms with Crippen LogP contribution in [0.1, 0.15) is 0 Å². The summed E-state index contributed by atoms with van der Waals surface area (Å²) in [5, 5.41) is 10.5. The van der Waals surface area contributed by atoms with Crippen LogP contribution in [0.25, 0.3) is 0 Å². The summed E-state index contributed by atoms with van der Waals surface area (Å²) < 4.78 is 0.109. The maximum Gasteiger partial charge on any atom is 0.178 e. The smallest absolute Gasteiger partial charge is 0.178 e. The van der Waals surface area contributed by atoms with Gasteiger partial charge in [0.05, 0.1) is 3.92 Å². The molecule has 0 fully saturated rings. The molecule has 1 nitrogen and oxygen atoms in total. The standard InChI is InChI=1S/C6H2Br4I4O/c7-4(14)2(12)1(11)3(13)5(8,15)6(4,9)10/h2,15H. The summed E-state index contributed by atoms with van der Waals surface area (Å²) in [7, 11) is 0. The van der Waals surface area contributed by atoms with Crippen molar-refractivity contribution in [2.75, 3.05) is 0 Å². The molecule has 0 saturated heterocycles.